The summed E-state index contributed by atoms with van der Waals surface area (Å²) >= 11 is 0. The molecule has 0 fully saturated rings. The van der Waals surface area contributed by atoms with Gasteiger partial charge in [-0.05, 0) is 49.9 Å². The Kier molecular flexibility index (Phi) is 4.02. The third kappa shape index (κ3) is 3.20. The lowest BCUT2D eigenvalue weighted by Gasteiger charge is -2.18. The molecular weight excluding hydrogens is 252 g/mol. The molecule has 4 nitrogen and oxygen atoms in total. The predicted octanol–water partition coefficient (Wildman–Crippen LogP) is 2.61. The van der Waals surface area contributed by atoms with E-state index >= 15 is 0 Å². The molecule has 0 atom stereocenters. The number of hydrogen-bond donors (Lipinski definition) is 2. The third-order valence-electron chi connectivity index (χ3n) is 3.76. The van der Waals surface area contributed by atoms with Crippen LogP contribution in [-0.4, -0.2) is 19.1 Å². The van der Waals surface area contributed by atoms with Crippen molar-refractivity contribution < 1.29 is 9.53 Å². The highest BCUT2D eigenvalue weighted by Crippen LogP contribution is 2.28. The van der Waals surface area contributed by atoms with Crippen LogP contribution in [0.5, 0.6) is 5.75 Å². The first-order valence-corrected chi connectivity index (χ1v) is 7.25. The fourth-order valence-corrected chi connectivity index (χ4v) is 2.69. The lowest BCUT2D eigenvalue weighted by Crippen LogP contribution is -2.25. The number of nitrogens with one attached hydrogen (secondary N) is 2. The number of carbonyl (C=O) groups excluding carboxylic acids is 1. The highest BCUT2D eigenvalue weighted by molar-refractivity contribution is 5.95. The van der Waals surface area contributed by atoms with Crippen LogP contribution in [-0.2, 0) is 11.3 Å². The first kappa shape index (κ1) is 13.2. The number of hydrogen-bond acceptors (Lipinski definition) is 3. The number of amides is 1. The molecule has 2 N–H and O–H groups in total. The Hall–Kier alpha value is -1.81. The summed E-state index contributed by atoms with van der Waals surface area (Å²) in [5.74, 6) is 0.667. The quantitative estimate of drug-likeness (QED) is 0.640. The van der Waals surface area contributed by atoms with Crippen LogP contribution in [0.1, 0.15) is 31.2 Å². The van der Waals surface area contributed by atoms with Gasteiger partial charge in [-0.25, -0.2) is 0 Å². The van der Waals surface area contributed by atoms with E-state index < -0.39 is 0 Å². The Balaban J connectivity index is 1.50. The van der Waals surface area contributed by atoms with Crippen molar-refractivity contribution in [3.8, 4) is 5.75 Å². The van der Waals surface area contributed by atoms with Crippen LogP contribution in [0.15, 0.2) is 29.8 Å². The fourth-order valence-electron chi connectivity index (χ4n) is 2.69. The van der Waals surface area contributed by atoms with Crippen LogP contribution < -0.4 is 15.4 Å². The minimum Gasteiger partial charge on any atom is -0.482 e. The molecule has 0 spiro atoms. The van der Waals surface area contributed by atoms with E-state index in [1.165, 1.54) is 19.3 Å². The van der Waals surface area contributed by atoms with Gasteiger partial charge in [0.15, 0.2) is 6.61 Å². The molecule has 0 saturated carbocycles. The molecule has 20 heavy (non-hydrogen) atoms. The Bertz CT molecular complexity index is 537. The Morgan fingerprint density at radius 2 is 2.30 bits per heavy atom. The summed E-state index contributed by atoms with van der Waals surface area (Å²) in [6.45, 7) is 1.93. The van der Waals surface area contributed by atoms with Crippen molar-refractivity contribution in [3.05, 3.63) is 35.4 Å². The number of benzene rings is 1. The molecule has 1 amide bonds. The topological polar surface area (TPSA) is 50.4 Å². The minimum absolute atomic E-state index is 0.0872. The average Bonchev–Trinajstić information content (AvgIpc) is 2.96. The summed E-state index contributed by atoms with van der Waals surface area (Å²) in [6.07, 6.45) is 7.35. The van der Waals surface area contributed by atoms with Gasteiger partial charge in [-0.2, -0.15) is 0 Å². The van der Waals surface area contributed by atoms with Gasteiger partial charge in [-0.3, -0.25) is 4.79 Å². The van der Waals surface area contributed by atoms with Crippen molar-refractivity contribution in [2.75, 3.05) is 18.5 Å². The lowest BCUT2D eigenvalue weighted by atomic mass is 10.1. The van der Waals surface area contributed by atoms with Crippen LogP contribution in [0.2, 0.25) is 0 Å². The van der Waals surface area contributed by atoms with E-state index in [0.29, 0.717) is 0 Å². The maximum Gasteiger partial charge on any atom is 0.262 e. The zero-order chi connectivity index (χ0) is 13.8. The maximum absolute atomic E-state index is 11.3. The molecule has 0 radical (unpaired) electrons. The normalized spacial score (nSPS) is 17.2. The van der Waals surface area contributed by atoms with Crippen molar-refractivity contribution in [1.82, 2.24) is 5.32 Å². The SMILES string of the molecule is O=C1COc2ccc(CNCCC3=CCCC3)cc2N1. The van der Waals surface area contributed by atoms with Gasteiger partial charge in [0.25, 0.3) is 5.91 Å². The molecule has 1 aromatic carbocycles. The second kappa shape index (κ2) is 6.09. The molecule has 1 heterocycles. The minimum atomic E-state index is -0.0872. The predicted molar refractivity (Wildman–Crippen MR) is 78.8 cm³/mol. The van der Waals surface area contributed by atoms with Crippen molar-refractivity contribution in [2.24, 2.45) is 0 Å². The standard InChI is InChI=1S/C16H20N2O2/c19-16-11-20-15-6-5-13(9-14(15)18-16)10-17-8-7-12-3-1-2-4-12/h3,5-6,9,17H,1-2,4,7-8,10-11H2,(H,18,19). The molecule has 0 unspecified atom stereocenters. The van der Waals surface area contributed by atoms with E-state index in [-0.39, 0.29) is 12.5 Å². The van der Waals surface area contributed by atoms with Gasteiger partial charge >= 0.3 is 0 Å². The van der Waals surface area contributed by atoms with Crippen LogP contribution in [0, 0.1) is 0 Å². The molecule has 4 heteroatoms. The molecule has 3 rings (SSSR count). The summed E-state index contributed by atoms with van der Waals surface area (Å²) in [6, 6.07) is 5.94. The first-order valence-electron chi connectivity index (χ1n) is 7.25. The molecule has 0 bridgehead atoms. The Morgan fingerprint density at radius 1 is 1.35 bits per heavy atom. The second-order valence-corrected chi connectivity index (χ2v) is 5.35. The number of fused-ring (bicyclic) bond motifs is 1. The molecular formula is C16H20N2O2. The summed E-state index contributed by atoms with van der Waals surface area (Å²) in [4.78, 5) is 11.3. The van der Waals surface area contributed by atoms with E-state index in [1.807, 2.05) is 18.2 Å². The summed E-state index contributed by atoms with van der Waals surface area (Å²) < 4.78 is 5.34. The van der Waals surface area contributed by atoms with Gasteiger partial charge in [0.05, 0.1) is 5.69 Å². The number of rotatable bonds is 5. The maximum atomic E-state index is 11.3. The van der Waals surface area contributed by atoms with Crippen LogP contribution in [0.25, 0.3) is 0 Å². The zero-order valence-corrected chi connectivity index (χ0v) is 11.6. The molecule has 0 saturated heterocycles. The van der Waals surface area contributed by atoms with Crippen molar-refractivity contribution in [1.29, 1.82) is 0 Å². The summed E-state index contributed by atoms with van der Waals surface area (Å²) in [7, 11) is 0. The molecule has 1 aromatic rings. The third-order valence-corrected chi connectivity index (χ3v) is 3.76. The van der Waals surface area contributed by atoms with Gasteiger partial charge in [0.1, 0.15) is 5.75 Å². The lowest BCUT2D eigenvalue weighted by molar-refractivity contribution is -0.118. The van der Waals surface area contributed by atoms with Crippen molar-refractivity contribution in [2.45, 2.75) is 32.2 Å². The van der Waals surface area contributed by atoms with Crippen molar-refractivity contribution in [3.63, 3.8) is 0 Å². The van der Waals surface area contributed by atoms with E-state index in [1.54, 1.807) is 5.57 Å². The van der Waals surface area contributed by atoms with E-state index in [2.05, 4.69) is 16.7 Å². The first-order chi connectivity index (χ1) is 9.81. The van der Waals surface area contributed by atoms with Gasteiger partial charge in [-0.15, -0.1) is 0 Å². The van der Waals surface area contributed by atoms with Gasteiger partial charge in [0.2, 0.25) is 0 Å². The number of allylic oxidation sites excluding steroid dienone is 1. The van der Waals surface area contributed by atoms with Gasteiger partial charge < -0.3 is 15.4 Å². The van der Waals surface area contributed by atoms with E-state index in [9.17, 15) is 4.79 Å². The number of carbonyl (C=O) groups is 1. The van der Waals surface area contributed by atoms with Gasteiger partial charge in [0, 0.05) is 6.54 Å². The smallest absolute Gasteiger partial charge is 0.262 e. The average molecular weight is 272 g/mol. The molecule has 106 valence electrons. The van der Waals surface area contributed by atoms with Crippen LogP contribution in [0.3, 0.4) is 0 Å². The van der Waals surface area contributed by atoms with Crippen molar-refractivity contribution >= 4 is 11.6 Å². The summed E-state index contributed by atoms with van der Waals surface area (Å²) in [5, 5.41) is 6.29. The largest absolute Gasteiger partial charge is 0.482 e. The number of ether oxygens (including phenoxy) is 1. The highest BCUT2D eigenvalue weighted by atomic mass is 16.5. The zero-order valence-electron chi connectivity index (χ0n) is 11.6. The summed E-state index contributed by atoms with van der Waals surface area (Å²) in [5.41, 5.74) is 3.53. The van der Waals surface area contributed by atoms with E-state index in [4.69, 9.17) is 4.74 Å². The second-order valence-electron chi connectivity index (χ2n) is 5.35. The molecule has 2 aliphatic rings. The Labute approximate surface area is 119 Å². The fraction of sp³-hybridized carbons (Fsp3) is 0.438. The monoisotopic (exact) mass is 272 g/mol. The Morgan fingerprint density at radius 3 is 3.15 bits per heavy atom. The molecule has 1 aliphatic heterocycles. The molecule has 0 aromatic heterocycles. The van der Waals surface area contributed by atoms with Crippen LogP contribution >= 0.6 is 0 Å². The highest BCUT2D eigenvalue weighted by Gasteiger charge is 2.15. The van der Waals surface area contributed by atoms with Gasteiger partial charge in [-0.1, -0.05) is 17.7 Å². The van der Waals surface area contributed by atoms with Crippen LogP contribution in [0.4, 0.5) is 5.69 Å². The van der Waals surface area contributed by atoms with E-state index in [0.717, 1.165) is 36.5 Å². The number of anilines is 1. The molecule has 1 aliphatic carbocycles.